The lowest BCUT2D eigenvalue weighted by Crippen LogP contribution is -2.40. The van der Waals surface area contributed by atoms with Crippen LogP contribution in [-0.2, 0) is 10.2 Å². The first kappa shape index (κ1) is 16.9. The van der Waals surface area contributed by atoms with Crippen molar-refractivity contribution in [3.63, 3.8) is 0 Å². The molecule has 0 bridgehead atoms. The molecule has 1 saturated heterocycles. The highest BCUT2D eigenvalue weighted by Crippen LogP contribution is 2.36. The van der Waals surface area contributed by atoms with Gasteiger partial charge < -0.3 is 10.1 Å². The molecule has 0 saturated carbocycles. The number of hydrogen-bond donors (Lipinski definition) is 1. The lowest BCUT2D eigenvalue weighted by Gasteiger charge is -2.38. The average Bonchev–Trinajstić information content (AvgIpc) is 2.61. The topological polar surface area (TPSA) is 77.3 Å². The summed E-state index contributed by atoms with van der Waals surface area (Å²) in [6, 6.07) is 11.5. The third kappa shape index (κ3) is 3.73. The lowest BCUT2D eigenvalue weighted by atomic mass is 9.74. The van der Waals surface area contributed by atoms with Gasteiger partial charge in [0.2, 0.25) is 0 Å². The minimum atomic E-state index is -0.446. The molecular weight excluding hydrogens is 374 g/mol. The Hall–Kier alpha value is -1.99. The summed E-state index contributed by atoms with van der Waals surface area (Å²) in [7, 11) is 0. The van der Waals surface area contributed by atoms with Gasteiger partial charge in [0, 0.05) is 35.7 Å². The molecule has 1 aromatic carbocycles. The van der Waals surface area contributed by atoms with Crippen LogP contribution in [0.15, 0.2) is 47.1 Å². The van der Waals surface area contributed by atoms with Crippen molar-refractivity contribution in [1.29, 1.82) is 0 Å². The van der Waals surface area contributed by atoms with Crippen LogP contribution in [0, 0.1) is 10.1 Å². The molecule has 1 aliphatic rings. The van der Waals surface area contributed by atoms with E-state index in [9.17, 15) is 10.1 Å². The van der Waals surface area contributed by atoms with E-state index < -0.39 is 4.92 Å². The second-order valence-electron chi connectivity index (χ2n) is 5.92. The van der Waals surface area contributed by atoms with Gasteiger partial charge in [-0.1, -0.05) is 28.1 Å². The van der Waals surface area contributed by atoms with Crippen molar-refractivity contribution in [2.45, 2.75) is 18.3 Å². The summed E-state index contributed by atoms with van der Waals surface area (Å²) in [5.41, 5.74) is 1.22. The monoisotopic (exact) mass is 391 g/mol. The van der Waals surface area contributed by atoms with E-state index in [-0.39, 0.29) is 11.1 Å². The Morgan fingerprint density at radius 3 is 2.71 bits per heavy atom. The van der Waals surface area contributed by atoms with Crippen molar-refractivity contribution < 1.29 is 9.66 Å². The summed E-state index contributed by atoms with van der Waals surface area (Å²) >= 11 is 3.54. The summed E-state index contributed by atoms with van der Waals surface area (Å²) in [5.74, 6) is 0.640. The van der Waals surface area contributed by atoms with Crippen molar-refractivity contribution >= 4 is 27.4 Å². The van der Waals surface area contributed by atoms with Gasteiger partial charge in [0.05, 0.1) is 4.92 Å². The van der Waals surface area contributed by atoms with Crippen LogP contribution < -0.4 is 5.32 Å². The van der Waals surface area contributed by atoms with Crippen LogP contribution in [0.1, 0.15) is 18.4 Å². The second kappa shape index (κ2) is 7.27. The molecule has 7 heteroatoms. The number of pyridine rings is 1. The Bertz CT molecular complexity index is 715. The van der Waals surface area contributed by atoms with Gasteiger partial charge in [0.15, 0.2) is 0 Å². The van der Waals surface area contributed by atoms with Crippen LogP contribution in [0.3, 0.4) is 0 Å². The highest BCUT2D eigenvalue weighted by molar-refractivity contribution is 9.10. The predicted molar refractivity (Wildman–Crippen MR) is 95.3 cm³/mol. The van der Waals surface area contributed by atoms with Gasteiger partial charge in [-0.25, -0.2) is 4.98 Å². The predicted octanol–water partition coefficient (Wildman–Crippen LogP) is 3.91. The molecule has 0 aliphatic carbocycles. The Kier molecular flexibility index (Phi) is 5.11. The molecule has 1 N–H and O–H groups in total. The van der Waals surface area contributed by atoms with Crippen molar-refractivity contribution in [1.82, 2.24) is 4.98 Å². The minimum absolute atomic E-state index is 0.00619. The molecule has 2 heterocycles. The molecule has 2 aromatic rings. The van der Waals surface area contributed by atoms with E-state index in [4.69, 9.17) is 4.74 Å². The largest absolute Gasteiger partial charge is 0.381 e. The number of nitrogens with one attached hydrogen (secondary N) is 1. The van der Waals surface area contributed by atoms with Crippen molar-refractivity contribution in [2.75, 3.05) is 25.1 Å². The van der Waals surface area contributed by atoms with E-state index in [1.54, 1.807) is 6.07 Å². The standard InChI is InChI=1S/C17H18BrN3O3/c18-14-3-1-2-13(10-14)17(6-8-24-9-7-17)12-20-16-5-4-15(11-19-16)21(22)23/h1-5,10-11H,6-9,12H2,(H,19,20). The molecule has 1 aromatic heterocycles. The van der Waals surface area contributed by atoms with Gasteiger partial charge in [-0.2, -0.15) is 0 Å². The molecule has 0 radical (unpaired) electrons. The lowest BCUT2D eigenvalue weighted by molar-refractivity contribution is -0.385. The van der Waals surface area contributed by atoms with Crippen LogP contribution in [0.2, 0.25) is 0 Å². The number of hydrogen-bond acceptors (Lipinski definition) is 5. The third-order valence-electron chi connectivity index (χ3n) is 4.45. The highest BCUT2D eigenvalue weighted by Gasteiger charge is 2.34. The first-order valence-corrected chi connectivity index (χ1v) is 8.56. The number of benzene rings is 1. The van der Waals surface area contributed by atoms with E-state index in [1.165, 1.54) is 17.8 Å². The molecule has 3 rings (SSSR count). The van der Waals surface area contributed by atoms with Gasteiger partial charge in [-0.05, 0) is 36.6 Å². The molecule has 1 aliphatic heterocycles. The molecule has 0 atom stereocenters. The molecule has 0 unspecified atom stereocenters. The molecule has 24 heavy (non-hydrogen) atoms. The minimum Gasteiger partial charge on any atom is -0.381 e. The second-order valence-corrected chi connectivity index (χ2v) is 6.83. The molecule has 0 spiro atoms. The van der Waals surface area contributed by atoms with Gasteiger partial charge in [0.1, 0.15) is 12.0 Å². The number of rotatable bonds is 5. The van der Waals surface area contributed by atoms with E-state index in [1.807, 2.05) is 12.1 Å². The number of nitro groups is 1. The zero-order valence-electron chi connectivity index (χ0n) is 13.1. The molecule has 0 amide bonds. The number of halogens is 1. The van der Waals surface area contributed by atoms with Crippen molar-refractivity contribution in [2.24, 2.45) is 0 Å². The normalized spacial score (nSPS) is 16.5. The first-order chi connectivity index (χ1) is 11.6. The van der Waals surface area contributed by atoms with Gasteiger partial charge in [-0.3, -0.25) is 10.1 Å². The average molecular weight is 392 g/mol. The number of nitrogens with zero attached hydrogens (tertiary/aromatic N) is 2. The third-order valence-corrected chi connectivity index (χ3v) is 4.95. The fourth-order valence-corrected chi connectivity index (χ4v) is 3.41. The number of ether oxygens (including phenoxy) is 1. The van der Waals surface area contributed by atoms with E-state index in [0.29, 0.717) is 12.4 Å². The number of aromatic nitrogens is 1. The van der Waals surface area contributed by atoms with Crippen LogP contribution >= 0.6 is 15.9 Å². The summed E-state index contributed by atoms with van der Waals surface area (Å²) in [4.78, 5) is 14.4. The maximum Gasteiger partial charge on any atom is 0.287 e. The fourth-order valence-electron chi connectivity index (χ4n) is 3.01. The smallest absolute Gasteiger partial charge is 0.287 e. The fraction of sp³-hybridized carbons (Fsp3) is 0.353. The van der Waals surface area contributed by atoms with Crippen LogP contribution in [0.4, 0.5) is 11.5 Å². The maximum atomic E-state index is 10.7. The van der Waals surface area contributed by atoms with E-state index >= 15 is 0 Å². The Morgan fingerprint density at radius 2 is 2.08 bits per heavy atom. The van der Waals surface area contributed by atoms with Gasteiger partial charge in [-0.15, -0.1) is 0 Å². The Balaban J connectivity index is 1.78. The summed E-state index contributed by atoms with van der Waals surface area (Å²) in [6.07, 6.45) is 3.12. The van der Waals surface area contributed by atoms with Crippen LogP contribution in [0.25, 0.3) is 0 Å². The molecule has 6 nitrogen and oxygen atoms in total. The first-order valence-electron chi connectivity index (χ1n) is 7.77. The maximum absolute atomic E-state index is 10.7. The van der Waals surface area contributed by atoms with Crippen LogP contribution in [-0.4, -0.2) is 29.7 Å². The summed E-state index contributed by atoms with van der Waals surface area (Å²) in [6.45, 7) is 2.15. The van der Waals surface area contributed by atoms with Gasteiger partial charge in [0.25, 0.3) is 5.69 Å². The van der Waals surface area contributed by atoms with Gasteiger partial charge >= 0.3 is 0 Å². The zero-order chi connectivity index (χ0) is 17.0. The van der Waals surface area contributed by atoms with E-state index in [2.05, 4.69) is 38.4 Å². The Morgan fingerprint density at radius 1 is 1.29 bits per heavy atom. The highest BCUT2D eigenvalue weighted by atomic mass is 79.9. The summed E-state index contributed by atoms with van der Waals surface area (Å²) < 4.78 is 6.60. The number of anilines is 1. The van der Waals surface area contributed by atoms with E-state index in [0.717, 1.165) is 30.5 Å². The molecule has 126 valence electrons. The van der Waals surface area contributed by atoms with Crippen LogP contribution in [0.5, 0.6) is 0 Å². The molecular formula is C17H18BrN3O3. The zero-order valence-corrected chi connectivity index (χ0v) is 14.7. The van der Waals surface area contributed by atoms with Crippen molar-refractivity contribution in [3.05, 3.63) is 62.7 Å². The SMILES string of the molecule is O=[N+]([O-])c1ccc(NCC2(c3cccc(Br)c3)CCOCC2)nc1. The summed E-state index contributed by atoms with van der Waals surface area (Å²) in [5, 5.41) is 14.0. The van der Waals surface area contributed by atoms with Crippen molar-refractivity contribution in [3.8, 4) is 0 Å². The quantitative estimate of drug-likeness (QED) is 0.617. The molecule has 1 fully saturated rings. The Labute approximate surface area is 148 Å².